The summed E-state index contributed by atoms with van der Waals surface area (Å²) in [4.78, 5) is 12.3. The zero-order chi connectivity index (χ0) is 23.8. The third-order valence-corrected chi connectivity index (χ3v) is 9.53. The quantitative estimate of drug-likeness (QED) is 0.549. The smallest absolute Gasteiger partial charge is 0.189 e. The van der Waals surface area contributed by atoms with Crippen LogP contribution in [0.15, 0.2) is 65.6 Å². The molecule has 2 fully saturated rings. The number of nitrogens with two attached hydrogens (primary N) is 1. The van der Waals surface area contributed by atoms with Crippen molar-refractivity contribution in [3.05, 3.63) is 66.4 Å². The van der Waals surface area contributed by atoms with Gasteiger partial charge in [-0.25, -0.2) is 18.4 Å². The molecule has 1 aliphatic heterocycles. The molecule has 1 aliphatic carbocycles. The lowest BCUT2D eigenvalue weighted by molar-refractivity contribution is 0.0985. The van der Waals surface area contributed by atoms with Crippen LogP contribution in [0.5, 0.6) is 0 Å². The van der Waals surface area contributed by atoms with Crippen LogP contribution in [0.3, 0.4) is 0 Å². The van der Waals surface area contributed by atoms with Crippen molar-refractivity contribution in [2.24, 2.45) is 0 Å². The van der Waals surface area contributed by atoms with Gasteiger partial charge < -0.3 is 15.4 Å². The molecule has 7 nitrogen and oxygen atoms in total. The molecule has 2 aliphatic rings. The number of hydrogen-bond donors (Lipinski definition) is 1. The average molecular weight is 479 g/mol. The molecule has 0 bridgehead atoms. The standard InChI is InChI=1S/C26H30N4O3S/c1-19-18-33-16-15-30(19)24-17-23(28-25(29-24)20-9-11-21(27)12-10-20)26(13-5-6-14-26)34(31,32)22-7-3-2-4-8-22/h2-4,7-12,17,19H,5-6,13-16,18,27H2,1H3/t19-/m0/s1. The Balaban J connectivity index is 1.71. The van der Waals surface area contributed by atoms with E-state index >= 15 is 0 Å². The highest BCUT2D eigenvalue weighted by Crippen LogP contribution is 2.48. The summed E-state index contributed by atoms with van der Waals surface area (Å²) < 4.78 is 32.7. The van der Waals surface area contributed by atoms with Crippen LogP contribution in [0.2, 0.25) is 0 Å². The van der Waals surface area contributed by atoms with E-state index < -0.39 is 14.6 Å². The van der Waals surface area contributed by atoms with E-state index in [4.69, 9.17) is 20.4 Å². The van der Waals surface area contributed by atoms with Gasteiger partial charge in [-0.05, 0) is 56.2 Å². The molecule has 1 atom stereocenters. The van der Waals surface area contributed by atoms with Gasteiger partial charge in [0.25, 0.3) is 0 Å². The van der Waals surface area contributed by atoms with Gasteiger partial charge in [-0.2, -0.15) is 0 Å². The number of nitrogen functional groups attached to an aromatic ring is 1. The van der Waals surface area contributed by atoms with E-state index in [-0.39, 0.29) is 6.04 Å². The highest BCUT2D eigenvalue weighted by Gasteiger charge is 2.50. The molecule has 3 aromatic rings. The van der Waals surface area contributed by atoms with Crippen LogP contribution >= 0.6 is 0 Å². The van der Waals surface area contributed by atoms with Gasteiger partial charge in [0, 0.05) is 23.9 Å². The minimum atomic E-state index is -3.67. The van der Waals surface area contributed by atoms with Gasteiger partial charge >= 0.3 is 0 Å². The van der Waals surface area contributed by atoms with Gasteiger partial charge in [0.05, 0.1) is 29.8 Å². The van der Waals surface area contributed by atoms with E-state index in [9.17, 15) is 8.42 Å². The molecule has 34 heavy (non-hydrogen) atoms. The fourth-order valence-electron chi connectivity index (χ4n) is 5.08. The Hall–Kier alpha value is -2.97. The zero-order valence-corrected chi connectivity index (χ0v) is 20.2. The number of morpholine rings is 1. The Morgan fingerprint density at radius 2 is 1.74 bits per heavy atom. The Kier molecular flexibility index (Phi) is 6.04. The number of anilines is 2. The van der Waals surface area contributed by atoms with Crippen molar-refractivity contribution < 1.29 is 13.2 Å². The lowest BCUT2D eigenvalue weighted by Gasteiger charge is -2.36. The first-order valence-electron chi connectivity index (χ1n) is 11.8. The minimum Gasteiger partial charge on any atom is -0.399 e. The molecule has 5 rings (SSSR count). The van der Waals surface area contributed by atoms with Gasteiger partial charge in [0.15, 0.2) is 15.7 Å². The minimum absolute atomic E-state index is 0.126. The third kappa shape index (κ3) is 3.95. The molecule has 2 N–H and O–H groups in total. The van der Waals surface area contributed by atoms with Crippen molar-refractivity contribution >= 4 is 21.3 Å². The molecule has 0 unspecified atom stereocenters. The maximum atomic E-state index is 14.1. The second-order valence-electron chi connectivity index (χ2n) is 9.19. The summed E-state index contributed by atoms with van der Waals surface area (Å²) in [5.74, 6) is 1.25. The summed E-state index contributed by atoms with van der Waals surface area (Å²) in [6, 6.07) is 18.2. The number of hydrogen-bond acceptors (Lipinski definition) is 7. The highest BCUT2D eigenvalue weighted by molar-refractivity contribution is 7.92. The summed E-state index contributed by atoms with van der Waals surface area (Å²) in [7, 11) is -3.67. The first-order chi connectivity index (χ1) is 16.4. The normalized spacial score (nSPS) is 20.4. The maximum absolute atomic E-state index is 14.1. The van der Waals surface area contributed by atoms with Gasteiger partial charge in [-0.3, -0.25) is 0 Å². The average Bonchev–Trinajstić information content (AvgIpc) is 3.37. The first-order valence-corrected chi connectivity index (χ1v) is 13.3. The van der Waals surface area contributed by atoms with Crippen LogP contribution in [-0.2, 0) is 19.3 Å². The number of nitrogens with zero attached hydrogens (tertiary/aromatic N) is 3. The maximum Gasteiger partial charge on any atom is 0.189 e. The van der Waals surface area contributed by atoms with E-state index in [2.05, 4.69) is 11.8 Å². The Morgan fingerprint density at radius 1 is 1.03 bits per heavy atom. The number of aromatic nitrogens is 2. The van der Waals surface area contributed by atoms with Crippen LogP contribution in [0.25, 0.3) is 11.4 Å². The number of benzene rings is 2. The van der Waals surface area contributed by atoms with E-state index in [1.165, 1.54) is 0 Å². The van der Waals surface area contributed by atoms with Crippen LogP contribution in [0.1, 0.15) is 38.3 Å². The molecule has 0 radical (unpaired) electrons. The van der Waals surface area contributed by atoms with Crippen molar-refractivity contribution in [1.29, 1.82) is 0 Å². The molecule has 0 spiro atoms. The van der Waals surface area contributed by atoms with E-state index in [0.717, 1.165) is 24.2 Å². The monoisotopic (exact) mass is 478 g/mol. The molecule has 1 saturated heterocycles. The molecule has 2 aromatic carbocycles. The zero-order valence-electron chi connectivity index (χ0n) is 19.4. The van der Waals surface area contributed by atoms with Crippen molar-refractivity contribution in [3.8, 4) is 11.4 Å². The fourth-order valence-corrected chi connectivity index (χ4v) is 7.25. The summed E-state index contributed by atoms with van der Waals surface area (Å²) in [6.45, 7) is 3.99. The molecule has 178 valence electrons. The van der Waals surface area contributed by atoms with Crippen LogP contribution < -0.4 is 10.6 Å². The third-order valence-electron chi connectivity index (χ3n) is 6.99. The highest BCUT2D eigenvalue weighted by atomic mass is 32.2. The van der Waals surface area contributed by atoms with Crippen molar-refractivity contribution in [2.45, 2.75) is 48.3 Å². The predicted molar refractivity (Wildman–Crippen MR) is 133 cm³/mol. The van der Waals surface area contributed by atoms with Crippen molar-refractivity contribution in [3.63, 3.8) is 0 Å². The lowest BCUT2D eigenvalue weighted by atomic mass is 10.0. The molecular weight excluding hydrogens is 448 g/mol. The van der Waals surface area contributed by atoms with Crippen LogP contribution in [-0.4, -0.2) is 44.2 Å². The first kappa shape index (κ1) is 22.8. The van der Waals surface area contributed by atoms with E-state index in [1.54, 1.807) is 24.3 Å². The van der Waals surface area contributed by atoms with Crippen LogP contribution in [0.4, 0.5) is 11.5 Å². The Labute approximate surface area is 200 Å². The van der Waals surface area contributed by atoms with Gasteiger partial charge in [-0.1, -0.05) is 31.0 Å². The number of ether oxygens (including phenoxy) is 1. The van der Waals surface area contributed by atoms with Crippen molar-refractivity contribution in [2.75, 3.05) is 30.4 Å². The molecule has 1 aromatic heterocycles. The number of rotatable bonds is 5. The van der Waals surface area contributed by atoms with Crippen molar-refractivity contribution in [1.82, 2.24) is 9.97 Å². The predicted octanol–water partition coefficient (Wildman–Crippen LogP) is 4.19. The Morgan fingerprint density at radius 3 is 2.41 bits per heavy atom. The summed E-state index contributed by atoms with van der Waals surface area (Å²) in [5, 5.41) is 0. The molecule has 0 amide bonds. The fraction of sp³-hybridized carbons (Fsp3) is 0.385. The molecule has 2 heterocycles. The van der Waals surface area contributed by atoms with Crippen LogP contribution in [0, 0.1) is 0 Å². The summed E-state index contributed by atoms with van der Waals surface area (Å²) in [6.07, 6.45) is 2.77. The van der Waals surface area contributed by atoms with Gasteiger partial charge in [0.2, 0.25) is 0 Å². The lowest BCUT2D eigenvalue weighted by Crippen LogP contribution is -2.44. The van der Waals surface area contributed by atoms with Gasteiger partial charge in [0.1, 0.15) is 10.6 Å². The second kappa shape index (κ2) is 9.00. The topological polar surface area (TPSA) is 98.4 Å². The Bertz CT molecular complexity index is 1260. The van der Waals surface area contributed by atoms with E-state index in [0.29, 0.717) is 54.7 Å². The summed E-state index contributed by atoms with van der Waals surface area (Å²) >= 11 is 0. The van der Waals surface area contributed by atoms with Gasteiger partial charge in [-0.15, -0.1) is 0 Å². The SMILES string of the molecule is C[C@H]1COCCN1c1cc(C2(S(=O)(=O)c3ccccc3)CCCC2)nc(-c2ccc(N)cc2)n1. The largest absolute Gasteiger partial charge is 0.399 e. The molecular formula is C26H30N4O3S. The summed E-state index contributed by atoms with van der Waals surface area (Å²) in [5.41, 5.74) is 7.94. The second-order valence-corrected chi connectivity index (χ2v) is 11.5. The molecule has 1 saturated carbocycles. The number of sulfone groups is 1. The van der Waals surface area contributed by atoms with E-state index in [1.807, 2.05) is 36.4 Å². The molecule has 8 heteroatoms.